The van der Waals surface area contributed by atoms with Gasteiger partial charge in [0, 0.05) is 12.1 Å². The topological polar surface area (TPSA) is 35.5 Å². The summed E-state index contributed by atoms with van der Waals surface area (Å²) >= 11 is 0. The molecule has 0 amide bonds. The van der Waals surface area contributed by atoms with Gasteiger partial charge in [0.1, 0.15) is 0 Å². The number of piperidine rings is 1. The van der Waals surface area contributed by atoms with Crippen LogP contribution >= 0.6 is 0 Å². The molecular formula is C13H26N2O. The lowest BCUT2D eigenvalue weighted by molar-refractivity contribution is 0.0441. The van der Waals surface area contributed by atoms with Crippen LogP contribution in [0, 0.1) is 5.92 Å². The van der Waals surface area contributed by atoms with Crippen molar-refractivity contribution in [1.29, 1.82) is 0 Å². The van der Waals surface area contributed by atoms with Crippen LogP contribution in [-0.4, -0.2) is 47.8 Å². The highest BCUT2D eigenvalue weighted by molar-refractivity contribution is 4.87. The predicted molar refractivity (Wildman–Crippen MR) is 66.5 cm³/mol. The molecule has 0 radical (unpaired) electrons. The fourth-order valence-corrected chi connectivity index (χ4v) is 3.15. The summed E-state index contributed by atoms with van der Waals surface area (Å²) in [6, 6.07) is 1.10. The lowest BCUT2D eigenvalue weighted by Gasteiger charge is -2.39. The Morgan fingerprint density at radius 2 is 1.88 bits per heavy atom. The van der Waals surface area contributed by atoms with Crippen molar-refractivity contribution in [2.75, 3.05) is 19.6 Å². The van der Waals surface area contributed by atoms with Gasteiger partial charge in [0.25, 0.3) is 0 Å². The summed E-state index contributed by atoms with van der Waals surface area (Å²) < 4.78 is 0. The molecule has 3 atom stereocenters. The van der Waals surface area contributed by atoms with Gasteiger partial charge in [-0.2, -0.15) is 0 Å². The zero-order valence-electron chi connectivity index (χ0n) is 10.7. The summed E-state index contributed by atoms with van der Waals surface area (Å²) in [5.74, 6) is 0.875. The fourth-order valence-electron chi connectivity index (χ4n) is 3.15. The molecule has 2 N–H and O–H groups in total. The highest BCUT2D eigenvalue weighted by Gasteiger charge is 2.30. The quantitative estimate of drug-likeness (QED) is 0.759. The Hall–Kier alpha value is -0.120. The third-order valence-electron chi connectivity index (χ3n) is 4.52. The van der Waals surface area contributed by atoms with Crippen molar-refractivity contribution in [3.05, 3.63) is 0 Å². The number of rotatable bonds is 3. The molecule has 2 aliphatic heterocycles. The third-order valence-corrected chi connectivity index (χ3v) is 4.52. The van der Waals surface area contributed by atoms with E-state index in [-0.39, 0.29) is 6.10 Å². The van der Waals surface area contributed by atoms with E-state index in [2.05, 4.69) is 17.1 Å². The molecule has 94 valence electrons. The van der Waals surface area contributed by atoms with E-state index in [9.17, 15) is 5.11 Å². The maximum atomic E-state index is 9.60. The van der Waals surface area contributed by atoms with Crippen LogP contribution in [0.3, 0.4) is 0 Å². The van der Waals surface area contributed by atoms with Crippen LogP contribution in [0.4, 0.5) is 0 Å². The van der Waals surface area contributed by atoms with Gasteiger partial charge in [-0.15, -0.1) is 0 Å². The first-order valence-corrected chi connectivity index (χ1v) is 6.84. The minimum absolute atomic E-state index is 0.207. The number of aliphatic hydroxyl groups is 1. The SMILES string of the molecule is CC(O)C(C)N1CCC(C2CCCN2)CC1. The highest BCUT2D eigenvalue weighted by atomic mass is 16.3. The molecular weight excluding hydrogens is 200 g/mol. The molecule has 16 heavy (non-hydrogen) atoms. The van der Waals surface area contributed by atoms with Crippen LogP contribution in [-0.2, 0) is 0 Å². The lowest BCUT2D eigenvalue weighted by atomic mass is 9.88. The first-order chi connectivity index (χ1) is 7.68. The molecule has 0 aromatic carbocycles. The maximum absolute atomic E-state index is 9.60. The number of aliphatic hydroxyl groups excluding tert-OH is 1. The minimum atomic E-state index is -0.207. The lowest BCUT2D eigenvalue weighted by Crippen LogP contribution is -2.47. The van der Waals surface area contributed by atoms with Gasteiger partial charge < -0.3 is 10.4 Å². The molecule has 3 heteroatoms. The van der Waals surface area contributed by atoms with E-state index < -0.39 is 0 Å². The predicted octanol–water partition coefficient (Wildman–Crippen LogP) is 1.22. The Bertz CT molecular complexity index is 196. The summed E-state index contributed by atoms with van der Waals surface area (Å²) in [7, 11) is 0. The van der Waals surface area contributed by atoms with Crippen LogP contribution in [0.25, 0.3) is 0 Å². The first-order valence-electron chi connectivity index (χ1n) is 6.84. The van der Waals surface area contributed by atoms with E-state index in [0.717, 1.165) is 25.0 Å². The molecule has 0 aromatic rings. The van der Waals surface area contributed by atoms with E-state index in [0.29, 0.717) is 6.04 Å². The van der Waals surface area contributed by atoms with E-state index in [1.54, 1.807) is 0 Å². The van der Waals surface area contributed by atoms with Crippen molar-refractivity contribution in [2.45, 2.75) is 57.7 Å². The zero-order chi connectivity index (χ0) is 11.5. The number of nitrogens with zero attached hydrogens (tertiary/aromatic N) is 1. The molecule has 0 spiro atoms. The molecule has 2 saturated heterocycles. The second-order valence-corrected chi connectivity index (χ2v) is 5.56. The molecule has 2 fully saturated rings. The number of hydrogen-bond acceptors (Lipinski definition) is 3. The zero-order valence-corrected chi connectivity index (χ0v) is 10.7. The highest BCUT2D eigenvalue weighted by Crippen LogP contribution is 2.26. The molecule has 0 bridgehead atoms. The standard InChI is InChI=1S/C13H26N2O/c1-10(11(2)16)15-8-5-12(6-9-15)13-4-3-7-14-13/h10-14,16H,3-9H2,1-2H3. The van der Waals surface area contributed by atoms with Gasteiger partial charge in [-0.05, 0) is 65.1 Å². The maximum Gasteiger partial charge on any atom is 0.0664 e. The Balaban J connectivity index is 1.77. The third kappa shape index (κ3) is 2.76. The van der Waals surface area contributed by atoms with Crippen molar-refractivity contribution in [2.24, 2.45) is 5.92 Å². The van der Waals surface area contributed by atoms with E-state index in [1.165, 1.54) is 32.2 Å². The Labute approximate surface area is 99.2 Å². The minimum Gasteiger partial charge on any atom is -0.392 e. The largest absolute Gasteiger partial charge is 0.392 e. The van der Waals surface area contributed by atoms with Gasteiger partial charge in [0.15, 0.2) is 0 Å². The number of nitrogens with one attached hydrogen (secondary N) is 1. The molecule has 3 nitrogen and oxygen atoms in total. The van der Waals surface area contributed by atoms with Gasteiger partial charge in [0.2, 0.25) is 0 Å². The van der Waals surface area contributed by atoms with Crippen molar-refractivity contribution >= 4 is 0 Å². The summed E-state index contributed by atoms with van der Waals surface area (Å²) in [5, 5.41) is 13.2. The van der Waals surface area contributed by atoms with Gasteiger partial charge >= 0.3 is 0 Å². The van der Waals surface area contributed by atoms with E-state index in [1.807, 2.05) is 6.92 Å². The monoisotopic (exact) mass is 226 g/mol. The van der Waals surface area contributed by atoms with Crippen LogP contribution in [0.2, 0.25) is 0 Å². The van der Waals surface area contributed by atoms with Crippen LogP contribution in [0.5, 0.6) is 0 Å². The van der Waals surface area contributed by atoms with Gasteiger partial charge in [-0.25, -0.2) is 0 Å². The fraction of sp³-hybridized carbons (Fsp3) is 1.00. The van der Waals surface area contributed by atoms with Gasteiger partial charge in [-0.3, -0.25) is 4.90 Å². The molecule has 0 aromatic heterocycles. The Morgan fingerprint density at radius 1 is 1.19 bits per heavy atom. The number of hydrogen-bond donors (Lipinski definition) is 2. The first kappa shape index (κ1) is 12.3. The number of likely N-dealkylation sites (tertiary alicyclic amines) is 1. The Kier molecular flexibility index (Phi) is 4.22. The average molecular weight is 226 g/mol. The van der Waals surface area contributed by atoms with Crippen molar-refractivity contribution < 1.29 is 5.11 Å². The molecule has 2 heterocycles. The molecule has 2 rings (SSSR count). The molecule has 2 aliphatic rings. The molecule has 3 unspecified atom stereocenters. The van der Waals surface area contributed by atoms with E-state index >= 15 is 0 Å². The molecule has 0 saturated carbocycles. The smallest absolute Gasteiger partial charge is 0.0664 e. The normalized spacial score (nSPS) is 32.8. The summed E-state index contributed by atoms with van der Waals surface area (Å²) in [6.07, 6.45) is 5.12. The summed E-state index contributed by atoms with van der Waals surface area (Å²) in [4.78, 5) is 2.44. The molecule has 0 aliphatic carbocycles. The van der Waals surface area contributed by atoms with E-state index in [4.69, 9.17) is 0 Å². The van der Waals surface area contributed by atoms with Crippen molar-refractivity contribution in [3.8, 4) is 0 Å². The second-order valence-electron chi connectivity index (χ2n) is 5.56. The van der Waals surface area contributed by atoms with Crippen molar-refractivity contribution in [3.63, 3.8) is 0 Å². The van der Waals surface area contributed by atoms with Gasteiger partial charge in [-0.1, -0.05) is 0 Å². The van der Waals surface area contributed by atoms with Crippen molar-refractivity contribution in [1.82, 2.24) is 10.2 Å². The average Bonchev–Trinajstić information content (AvgIpc) is 2.81. The summed E-state index contributed by atoms with van der Waals surface area (Å²) in [6.45, 7) is 7.58. The summed E-state index contributed by atoms with van der Waals surface area (Å²) in [5.41, 5.74) is 0. The van der Waals surface area contributed by atoms with Crippen LogP contribution in [0.1, 0.15) is 39.5 Å². The second kappa shape index (κ2) is 5.48. The van der Waals surface area contributed by atoms with Crippen LogP contribution < -0.4 is 5.32 Å². The van der Waals surface area contributed by atoms with Crippen LogP contribution in [0.15, 0.2) is 0 Å². The Morgan fingerprint density at radius 3 is 2.38 bits per heavy atom. The van der Waals surface area contributed by atoms with Gasteiger partial charge in [0.05, 0.1) is 6.10 Å².